The lowest BCUT2D eigenvalue weighted by atomic mass is 9.93. The van der Waals surface area contributed by atoms with Crippen LogP contribution in [0.1, 0.15) is 83.9 Å². The van der Waals surface area contributed by atoms with Crippen LogP contribution in [0.25, 0.3) is 11.1 Å². The molecule has 6 rings (SSSR count). The number of aryl methyl sites for hydroxylation is 1. The van der Waals surface area contributed by atoms with Crippen LogP contribution in [0.3, 0.4) is 0 Å². The third-order valence-electron chi connectivity index (χ3n) is 11.2. The zero-order chi connectivity index (χ0) is 37.9. The number of piperidine rings is 2. The Morgan fingerprint density at radius 2 is 1.44 bits per heavy atom. The summed E-state index contributed by atoms with van der Waals surface area (Å²) in [7, 11) is 0. The first-order valence-corrected chi connectivity index (χ1v) is 19.6. The summed E-state index contributed by atoms with van der Waals surface area (Å²) in [5, 5.41) is 29.2. The second kappa shape index (κ2) is 19.2. The summed E-state index contributed by atoms with van der Waals surface area (Å²) in [6, 6.07) is 21.2. The van der Waals surface area contributed by atoms with Crippen LogP contribution < -0.4 is 14.2 Å². The fourth-order valence-electron chi connectivity index (χ4n) is 7.99. The van der Waals surface area contributed by atoms with E-state index in [1.54, 1.807) is 18.5 Å². The monoisotopic (exact) mass is 732 g/mol. The molecule has 0 aliphatic carbocycles. The van der Waals surface area contributed by atoms with Crippen LogP contribution in [0.2, 0.25) is 0 Å². The fraction of sp³-hybridized carbons (Fsp3) is 0.467. The maximum absolute atomic E-state index is 10.1. The topological polar surface area (TPSA) is 111 Å². The number of nitrogens with zero attached hydrogens (tertiary/aromatic N) is 4. The van der Waals surface area contributed by atoms with Gasteiger partial charge in [-0.2, -0.15) is 5.26 Å². The molecule has 0 spiro atoms. The number of ether oxygens (including phenoxy) is 3. The van der Waals surface area contributed by atoms with Crippen molar-refractivity contribution < 1.29 is 24.4 Å². The highest BCUT2D eigenvalue weighted by molar-refractivity contribution is 5.73. The number of hydrogen-bond donors (Lipinski definition) is 2. The average molecular weight is 733 g/mol. The van der Waals surface area contributed by atoms with Crippen LogP contribution in [-0.4, -0.2) is 76.5 Å². The molecule has 2 N–H and O–H groups in total. The zero-order valence-corrected chi connectivity index (χ0v) is 32.2. The summed E-state index contributed by atoms with van der Waals surface area (Å²) in [5.74, 6) is 2.38. The predicted molar refractivity (Wildman–Crippen MR) is 212 cm³/mol. The van der Waals surface area contributed by atoms with Gasteiger partial charge in [0.25, 0.3) is 0 Å². The lowest BCUT2D eigenvalue weighted by molar-refractivity contribution is 0.0830. The first kappa shape index (κ1) is 39.2. The zero-order valence-electron chi connectivity index (χ0n) is 32.2. The number of aromatic nitrogens is 1. The molecule has 9 nitrogen and oxygen atoms in total. The molecule has 54 heavy (non-hydrogen) atoms. The van der Waals surface area contributed by atoms with Crippen molar-refractivity contribution in [2.75, 3.05) is 39.5 Å². The Labute approximate surface area is 321 Å². The van der Waals surface area contributed by atoms with E-state index in [1.807, 2.05) is 6.07 Å². The number of pyridine rings is 1. The van der Waals surface area contributed by atoms with E-state index in [0.29, 0.717) is 25.3 Å². The average Bonchev–Trinajstić information content (AvgIpc) is 3.20. The molecule has 0 radical (unpaired) electrons. The van der Waals surface area contributed by atoms with E-state index in [2.05, 4.69) is 84.1 Å². The van der Waals surface area contributed by atoms with Gasteiger partial charge in [-0.1, -0.05) is 43.2 Å². The van der Waals surface area contributed by atoms with Crippen LogP contribution in [-0.2, 0) is 19.8 Å². The van der Waals surface area contributed by atoms with Gasteiger partial charge in [0.2, 0.25) is 0 Å². The maximum Gasteiger partial charge on any atom is 0.128 e. The third-order valence-corrected chi connectivity index (χ3v) is 11.2. The van der Waals surface area contributed by atoms with Crippen molar-refractivity contribution in [2.45, 2.75) is 97.6 Å². The van der Waals surface area contributed by atoms with Crippen LogP contribution in [0.5, 0.6) is 17.2 Å². The quantitative estimate of drug-likeness (QED) is 0.112. The molecule has 2 fully saturated rings. The van der Waals surface area contributed by atoms with Gasteiger partial charge in [-0.25, -0.2) is 0 Å². The summed E-state index contributed by atoms with van der Waals surface area (Å²) >= 11 is 0. The predicted octanol–water partition coefficient (Wildman–Crippen LogP) is 7.67. The Kier molecular flexibility index (Phi) is 14.0. The molecule has 2 atom stereocenters. The lowest BCUT2D eigenvalue weighted by Crippen LogP contribution is -2.42. The molecule has 0 saturated carbocycles. The van der Waals surface area contributed by atoms with Gasteiger partial charge in [0.1, 0.15) is 36.5 Å². The molecular formula is C45H56N4O5. The molecule has 2 unspecified atom stereocenters. The number of aliphatic hydroxyl groups is 2. The molecule has 0 bridgehead atoms. The molecular weight excluding hydrogens is 677 g/mol. The van der Waals surface area contributed by atoms with Crippen LogP contribution in [0, 0.1) is 32.1 Å². The van der Waals surface area contributed by atoms with E-state index >= 15 is 0 Å². The van der Waals surface area contributed by atoms with Gasteiger partial charge in [0.15, 0.2) is 0 Å². The summed E-state index contributed by atoms with van der Waals surface area (Å²) in [4.78, 5) is 8.97. The standard InChI is InChI=1S/C45H56N4O5/c1-32-21-38(27-49-18-7-5-13-40(49)29-51)45(53-30-36-22-35(24-46)25-47-26-36)23-44(32)54-31-37-11-8-14-41(33(37)2)42-15-9-16-43(34(42)3)52-20-10-19-48-17-6-4-12-39(48)28-50/h8-9,11,14-16,21-23,25-26,39-40,50-51H,4-7,10,12-13,17-20,27-31H2,1-3H3. The summed E-state index contributed by atoms with van der Waals surface area (Å²) in [5.41, 5.74) is 9.06. The Bertz CT molecular complexity index is 1890. The Balaban J connectivity index is 1.16. The minimum Gasteiger partial charge on any atom is -0.493 e. The van der Waals surface area contributed by atoms with Crippen molar-refractivity contribution in [3.05, 3.63) is 106 Å². The third kappa shape index (κ3) is 9.79. The number of rotatable bonds is 16. The first-order chi connectivity index (χ1) is 26.4. The van der Waals surface area contributed by atoms with Crippen molar-refractivity contribution >= 4 is 0 Å². The molecule has 3 heterocycles. The Hall–Kier alpha value is -4.46. The first-order valence-electron chi connectivity index (χ1n) is 19.6. The molecule has 9 heteroatoms. The van der Waals surface area contributed by atoms with E-state index in [1.165, 1.54) is 12.8 Å². The Morgan fingerprint density at radius 1 is 0.741 bits per heavy atom. The fourth-order valence-corrected chi connectivity index (χ4v) is 7.99. The van der Waals surface area contributed by atoms with Gasteiger partial charge in [0, 0.05) is 54.8 Å². The van der Waals surface area contributed by atoms with Crippen molar-refractivity contribution in [2.24, 2.45) is 0 Å². The van der Waals surface area contributed by atoms with Gasteiger partial charge in [-0.3, -0.25) is 14.8 Å². The number of benzene rings is 3. The normalized spacial score (nSPS) is 17.9. The van der Waals surface area contributed by atoms with Crippen molar-refractivity contribution in [1.29, 1.82) is 5.26 Å². The van der Waals surface area contributed by atoms with Crippen molar-refractivity contribution in [3.63, 3.8) is 0 Å². The largest absolute Gasteiger partial charge is 0.493 e. The van der Waals surface area contributed by atoms with Gasteiger partial charge >= 0.3 is 0 Å². The van der Waals surface area contributed by atoms with E-state index < -0.39 is 0 Å². The van der Waals surface area contributed by atoms with E-state index in [9.17, 15) is 15.5 Å². The van der Waals surface area contributed by atoms with Crippen LogP contribution in [0.4, 0.5) is 0 Å². The van der Waals surface area contributed by atoms with E-state index in [-0.39, 0.29) is 31.9 Å². The molecule has 4 aromatic rings. The SMILES string of the molecule is Cc1cc(CN2CCCCC2CO)c(OCc2cncc(C#N)c2)cc1OCc1cccc(-c2cccc(OCCCN3CCCCC3CO)c2C)c1C. The maximum atomic E-state index is 10.1. The van der Waals surface area contributed by atoms with Crippen LogP contribution in [0.15, 0.2) is 67.0 Å². The molecule has 0 amide bonds. The molecule has 2 saturated heterocycles. The van der Waals surface area contributed by atoms with E-state index in [0.717, 1.165) is 113 Å². The highest BCUT2D eigenvalue weighted by Gasteiger charge is 2.24. The van der Waals surface area contributed by atoms with E-state index in [4.69, 9.17) is 14.2 Å². The van der Waals surface area contributed by atoms with Gasteiger partial charge in [-0.05, 0) is 118 Å². The van der Waals surface area contributed by atoms with Crippen LogP contribution >= 0.6 is 0 Å². The lowest BCUT2D eigenvalue weighted by Gasteiger charge is -2.35. The molecule has 3 aromatic carbocycles. The number of nitriles is 1. The second-order valence-electron chi connectivity index (χ2n) is 14.9. The summed E-state index contributed by atoms with van der Waals surface area (Å²) in [6.07, 6.45) is 10.9. The number of aliphatic hydroxyl groups excluding tert-OH is 2. The summed E-state index contributed by atoms with van der Waals surface area (Å²) in [6.45, 7) is 11.6. The molecule has 2 aliphatic heterocycles. The van der Waals surface area contributed by atoms with Gasteiger partial charge in [-0.15, -0.1) is 0 Å². The smallest absolute Gasteiger partial charge is 0.128 e. The highest BCUT2D eigenvalue weighted by Crippen LogP contribution is 2.36. The molecule has 2 aliphatic rings. The summed E-state index contributed by atoms with van der Waals surface area (Å²) < 4.78 is 19.3. The minimum atomic E-state index is 0.135. The number of hydrogen-bond acceptors (Lipinski definition) is 9. The van der Waals surface area contributed by atoms with Gasteiger partial charge < -0.3 is 24.4 Å². The Morgan fingerprint density at radius 3 is 2.20 bits per heavy atom. The highest BCUT2D eigenvalue weighted by atomic mass is 16.5. The second-order valence-corrected chi connectivity index (χ2v) is 14.9. The van der Waals surface area contributed by atoms with Gasteiger partial charge in [0.05, 0.1) is 25.4 Å². The molecule has 286 valence electrons. The number of likely N-dealkylation sites (tertiary alicyclic amines) is 2. The van der Waals surface area contributed by atoms with Crippen molar-refractivity contribution in [1.82, 2.24) is 14.8 Å². The van der Waals surface area contributed by atoms with Crippen molar-refractivity contribution in [3.8, 4) is 34.4 Å². The minimum absolute atomic E-state index is 0.135. The molecule has 1 aromatic heterocycles.